The molecule has 7 nitrogen and oxygen atoms in total. The van der Waals surface area contributed by atoms with E-state index in [1.807, 2.05) is 31.1 Å². The summed E-state index contributed by atoms with van der Waals surface area (Å²) in [7, 11) is 5.57. The molecule has 8 heteroatoms. The van der Waals surface area contributed by atoms with Gasteiger partial charge in [0.2, 0.25) is 0 Å². The zero-order valence-corrected chi connectivity index (χ0v) is 17.5. The maximum atomic E-state index is 13.3. The highest BCUT2D eigenvalue weighted by Crippen LogP contribution is 2.39. The first-order chi connectivity index (χ1) is 14.0. The molecular weight excluding hydrogens is 390 g/mol. The highest BCUT2D eigenvalue weighted by Gasteiger charge is 2.23. The van der Waals surface area contributed by atoms with Gasteiger partial charge in [-0.05, 0) is 38.4 Å². The number of amides is 1. The van der Waals surface area contributed by atoms with E-state index in [-0.39, 0.29) is 5.91 Å². The molecule has 0 spiro atoms. The van der Waals surface area contributed by atoms with Crippen molar-refractivity contribution in [3.8, 4) is 17.2 Å². The normalized spacial score (nSPS) is 13.0. The third-order valence-electron chi connectivity index (χ3n) is 4.62. The standard InChI is InChI=1S/C21H23N3O4S/c1-23(2)8-9-24(20(25)14-4-6-15(26-3)7-5-14)21-22-16-12-17-18(13-19(16)29-21)28-11-10-27-17/h4-7,12-13H,8-11H2,1-3H3. The minimum absolute atomic E-state index is 0.0918. The molecule has 2 aromatic carbocycles. The van der Waals surface area contributed by atoms with Crippen molar-refractivity contribution >= 4 is 32.6 Å². The molecule has 0 saturated carbocycles. The average Bonchev–Trinajstić information content (AvgIpc) is 3.14. The molecule has 0 saturated heterocycles. The van der Waals surface area contributed by atoms with Gasteiger partial charge in [0.15, 0.2) is 16.6 Å². The molecule has 0 atom stereocenters. The minimum atomic E-state index is -0.0918. The number of hydrogen-bond donors (Lipinski definition) is 0. The fourth-order valence-electron chi connectivity index (χ4n) is 3.04. The van der Waals surface area contributed by atoms with Crippen LogP contribution in [0.4, 0.5) is 5.13 Å². The number of fused-ring (bicyclic) bond motifs is 2. The Balaban J connectivity index is 1.69. The minimum Gasteiger partial charge on any atom is -0.497 e. The summed E-state index contributed by atoms with van der Waals surface area (Å²) in [5, 5.41) is 0.657. The molecule has 0 N–H and O–H groups in total. The summed E-state index contributed by atoms with van der Waals surface area (Å²) in [6.07, 6.45) is 0. The zero-order chi connectivity index (χ0) is 20.4. The second-order valence-corrected chi connectivity index (χ2v) is 7.96. The molecule has 3 aromatic rings. The third-order valence-corrected chi connectivity index (χ3v) is 5.67. The summed E-state index contributed by atoms with van der Waals surface area (Å²) in [5.74, 6) is 2.04. The number of aromatic nitrogens is 1. The molecule has 0 unspecified atom stereocenters. The quantitative estimate of drug-likeness (QED) is 0.618. The van der Waals surface area contributed by atoms with Gasteiger partial charge in [-0.1, -0.05) is 11.3 Å². The molecule has 0 fully saturated rings. The third kappa shape index (κ3) is 4.13. The highest BCUT2D eigenvalue weighted by atomic mass is 32.1. The van der Waals surface area contributed by atoms with E-state index in [9.17, 15) is 4.79 Å². The molecule has 1 aliphatic heterocycles. The number of rotatable bonds is 6. The summed E-state index contributed by atoms with van der Waals surface area (Å²) < 4.78 is 17.5. The number of thiazole rings is 1. The predicted molar refractivity (Wildman–Crippen MR) is 114 cm³/mol. The Hall–Kier alpha value is -2.84. The number of ether oxygens (including phenoxy) is 3. The van der Waals surface area contributed by atoms with Crippen LogP contribution >= 0.6 is 11.3 Å². The van der Waals surface area contributed by atoms with E-state index in [0.717, 1.165) is 22.5 Å². The maximum absolute atomic E-state index is 13.3. The summed E-state index contributed by atoms with van der Waals surface area (Å²) in [5.41, 5.74) is 1.39. The van der Waals surface area contributed by atoms with Crippen molar-refractivity contribution in [2.24, 2.45) is 0 Å². The van der Waals surface area contributed by atoms with Gasteiger partial charge in [0.1, 0.15) is 19.0 Å². The molecule has 1 aromatic heterocycles. The largest absolute Gasteiger partial charge is 0.497 e. The van der Waals surface area contributed by atoms with E-state index in [2.05, 4.69) is 0 Å². The smallest absolute Gasteiger partial charge is 0.260 e. The van der Waals surface area contributed by atoms with E-state index < -0.39 is 0 Å². The van der Waals surface area contributed by atoms with Gasteiger partial charge in [-0.25, -0.2) is 4.98 Å². The molecular formula is C21H23N3O4S. The van der Waals surface area contributed by atoms with Gasteiger partial charge >= 0.3 is 0 Å². The summed E-state index contributed by atoms with van der Waals surface area (Å²) >= 11 is 1.48. The second kappa shape index (κ2) is 8.26. The first-order valence-corrected chi connectivity index (χ1v) is 10.2. The van der Waals surface area contributed by atoms with Gasteiger partial charge in [0.05, 0.1) is 17.3 Å². The lowest BCUT2D eigenvalue weighted by molar-refractivity contribution is 0.0985. The Bertz CT molecular complexity index is 974. The van der Waals surface area contributed by atoms with Crippen molar-refractivity contribution in [2.45, 2.75) is 0 Å². The lowest BCUT2D eigenvalue weighted by Gasteiger charge is -2.22. The Morgan fingerprint density at radius 1 is 1.10 bits per heavy atom. The maximum Gasteiger partial charge on any atom is 0.260 e. The number of hydrogen-bond acceptors (Lipinski definition) is 7. The molecule has 0 aliphatic carbocycles. The predicted octanol–water partition coefficient (Wildman–Crippen LogP) is 3.28. The van der Waals surface area contributed by atoms with Crippen LogP contribution in [-0.4, -0.2) is 63.3 Å². The van der Waals surface area contributed by atoms with Crippen LogP contribution in [0.5, 0.6) is 17.2 Å². The van der Waals surface area contributed by atoms with E-state index in [0.29, 0.717) is 42.0 Å². The van der Waals surface area contributed by atoms with Gasteiger partial charge in [-0.3, -0.25) is 9.69 Å². The van der Waals surface area contributed by atoms with Crippen LogP contribution in [0.2, 0.25) is 0 Å². The lowest BCUT2D eigenvalue weighted by Crippen LogP contribution is -2.36. The Labute approximate surface area is 173 Å². The van der Waals surface area contributed by atoms with Crippen molar-refractivity contribution < 1.29 is 19.0 Å². The highest BCUT2D eigenvalue weighted by molar-refractivity contribution is 7.22. The van der Waals surface area contributed by atoms with Crippen LogP contribution in [0.25, 0.3) is 10.2 Å². The molecule has 2 heterocycles. The van der Waals surface area contributed by atoms with E-state index >= 15 is 0 Å². The zero-order valence-electron chi connectivity index (χ0n) is 16.7. The lowest BCUT2D eigenvalue weighted by atomic mass is 10.2. The fourth-order valence-corrected chi connectivity index (χ4v) is 4.04. The van der Waals surface area contributed by atoms with Crippen LogP contribution < -0.4 is 19.1 Å². The molecule has 4 rings (SSSR count). The van der Waals surface area contributed by atoms with Crippen LogP contribution in [0.1, 0.15) is 10.4 Å². The van der Waals surface area contributed by atoms with Gasteiger partial charge in [0, 0.05) is 30.8 Å². The van der Waals surface area contributed by atoms with Crippen molar-refractivity contribution in [3.63, 3.8) is 0 Å². The molecule has 1 amide bonds. The fraction of sp³-hybridized carbons (Fsp3) is 0.333. The van der Waals surface area contributed by atoms with Crippen LogP contribution in [-0.2, 0) is 0 Å². The topological polar surface area (TPSA) is 64.1 Å². The Morgan fingerprint density at radius 2 is 1.79 bits per heavy atom. The Kier molecular flexibility index (Phi) is 5.55. The van der Waals surface area contributed by atoms with Crippen molar-refractivity contribution in [1.82, 2.24) is 9.88 Å². The van der Waals surface area contributed by atoms with E-state index in [1.54, 1.807) is 36.3 Å². The number of nitrogens with zero attached hydrogens (tertiary/aromatic N) is 3. The van der Waals surface area contributed by atoms with Gasteiger partial charge in [-0.15, -0.1) is 0 Å². The van der Waals surface area contributed by atoms with E-state index in [1.165, 1.54) is 11.3 Å². The molecule has 1 aliphatic rings. The number of benzene rings is 2. The molecule has 152 valence electrons. The number of methoxy groups -OCH3 is 1. The SMILES string of the molecule is COc1ccc(C(=O)N(CCN(C)C)c2nc3cc4c(cc3s2)OCCO4)cc1. The average molecular weight is 413 g/mol. The van der Waals surface area contributed by atoms with Gasteiger partial charge in [-0.2, -0.15) is 0 Å². The van der Waals surface area contributed by atoms with Crippen LogP contribution in [0, 0.1) is 0 Å². The van der Waals surface area contributed by atoms with Crippen molar-refractivity contribution in [2.75, 3.05) is 52.4 Å². The van der Waals surface area contributed by atoms with Crippen molar-refractivity contribution in [3.05, 3.63) is 42.0 Å². The molecule has 0 radical (unpaired) electrons. The van der Waals surface area contributed by atoms with Gasteiger partial charge in [0.25, 0.3) is 5.91 Å². The van der Waals surface area contributed by atoms with E-state index in [4.69, 9.17) is 19.2 Å². The summed E-state index contributed by atoms with van der Waals surface area (Å²) in [6, 6.07) is 10.9. The van der Waals surface area contributed by atoms with Crippen molar-refractivity contribution in [1.29, 1.82) is 0 Å². The molecule has 29 heavy (non-hydrogen) atoms. The number of carbonyl (C=O) groups is 1. The van der Waals surface area contributed by atoms with Gasteiger partial charge < -0.3 is 19.1 Å². The first kappa shape index (κ1) is 19.5. The number of anilines is 1. The summed E-state index contributed by atoms with van der Waals surface area (Å²) in [6.45, 7) is 2.32. The second-order valence-electron chi connectivity index (χ2n) is 6.95. The number of likely N-dealkylation sites (N-methyl/N-ethyl adjacent to an activating group) is 1. The van der Waals surface area contributed by atoms with Crippen LogP contribution in [0.3, 0.4) is 0 Å². The monoisotopic (exact) mass is 413 g/mol. The summed E-state index contributed by atoms with van der Waals surface area (Å²) in [4.78, 5) is 21.8. The van der Waals surface area contributed by atoms with Crippen LogP contribution in [0.15, 0.2) is 36.4 Å². The first-order valence-electron chi connectivity index (χ1n) is 9.36. The Morgan fingerprint density at radius 3 is 2.45 bits per heavy atom. The molecule has 0 bridgehead atoms. The number of carbonyl (C=O) groups excluding carboxylic acids is 1.